The molecule has 2 rings (SSSR count). The van der Waals surface area contributed by atoms with E-state index in [0.29, 0.717) is 5.69 Å². The van der Waals surface area contributed by atoms with Crippen molar-refractivity contribution < 1.29 is 20.1 Å². The maximum absolute atomic E-state index is 10.9. The number of imidazole rings is 2. The zero-order valence-corrected chi connectivity index (χ0v) is 11.4. The number of nitrogens with two attached hydrogens (primary N) is 1. The molecule has 0 saturated carbocycles. The highest BCUT2D eigenvalue weighted by Gasteiger charge is 2.25. The fourth-order valence-corrected chi connectivity index (χ4v) is 1.95. The van der Waals surface area contributed by atoms with E-state index in [1.165, 1.54) is 13.3 Å². The molecule has 0 aliphatic rings. The minimum absolute atomic E-state index is 0.124. The van der Waals surface area contributed by atoms with Gasteiger partial charge in [0.1, 0.15) is 18.1 Å². The van der Waals surface area contributed by atoms with Gasteiger partial charge >= 0.3 is 5.97 Å². The van der Waals surface area contributed by atoms with Crippen LogP contribution in [0.1, 0.15) is 30.2 Å². The molecule has 2 heterocycles. The summed E-state index contributed by atoms with van der Waals surface area (Å²) < 4.78 is 1.09. The van der Waals surface area contributed by atoms with Gasteiger partial charge < -0.3 is 26.0 Å². The smallest absolute Gasteiger partial charge is 0.323 e. The largest absolute Gasteiger partial charge is 0.493 e. The molecular formula is C12H17N5O4. The van der Waals surface area contributed by atoms with Gasteiger partial charge in [-0.1, -0.05) is 0 Å². The first kappa shape index (κ1) is 15.0. The molecule has 9 heteroatoms. The zero-order valence-electron chi connectivity index (χ0n) is 11.4. The summed E-state index contributed by atoms with van der Waals surface area (Å²) in [4.78, 5) is 21.8. The number of carboxylic acids is 1. The van der Waals surface area contributed by atoms with Crippen molar-refractivity contribution in [2.45, 2.75) is 32.0 Å². The first-order valence-corrected chi connectivity index (χ1v) is 6.31. The maximum Gasteiger partial charge on any atom is 0.323 e. The van der Waals surface area contributed by atoms with Gasteiger partial charge in [0, 0.05) is 18.3 Å². The number of carboxylic acid groups (broad SMARTS) is 1. The van der Waals surface area contributed by atoms with E-state index in [0.717, 1.165) is 4.57 Å². The fourth-order valence-electron chi connectivity index (χ4n) is 1.95. The lowest BCUT2D eigenvalue weighted by molar-refractivity contribution is -0.137. The predicted molar refractivity (Wildman–Crippen MR) is 71.5 cm³/mol. The van der Waals surface area contributed by atoms with Crippen LogP contribution >= 0.6 is 0 Å². The van der Waals surface area contributed by atoms with Crippen molar-refractivity contribution in [3.8, 4) is 5.88 Å². The lowest BCUT2D eigenvalue weighted by atomic mass is 10.2. The predicted octanol–water partition coefficient (Wildman–Crippen LogP) is -0.632. The molecule has 0 spiro atoms. The maximum atomic E-state index is 10.9. The van der Waals surface area contributed by atoms with Crippen molar-refractivity contribution in [2.75, 3.05) is 0 Å². The standard InChI is InChI=1S/C12H17N5O4/c1-6(18)10(13)11-16-8(2-7-3-14-5-15-7)12(21)17(11)4-9(19)20/h3,5-6,10,18,21H,2,4,13H2,1H3,(H,14,15)(H,19,20)/t6-,10+/m1/s1. The highest BCUT2D eigenvalue weighted by molar-refractivity contribution is 5.67. The summed E-state index contributed by atoms with van der Waals surface area (Å²) in [6.07, 6.45) is 2.38. The lowest BCUT2D eigenvalue weighted by Gasteiger charge is -2.15. The first-order chi connectivity index (χ1) is 9.90. The van der Waals surface area contributed by atoms with Crippen LogP contribution < -0.4 is 5.73 Å². The van der Waals surface area contributed by atoms with Gasteiger partial charge in [-0.15, -0.1) is 0 Å². The van der Waals surface area contributed by atoms with E-state index < -0.39 is 24.7 Å². The molecule has 114 valence electrons. The minimum Gasteiger partial charge on any atom is -0.493 e. The summed E-state index contributed by atoms with van der Waals surface area (Å²) in [7, 11) is 0. The third kappa shape index (κ3) is 3.20. The molecular weight excluding hydrogens is 278 g/mol. The normalized spacial score (nSPS) is 14.0. The van der Waals surface area contributed by atoms with Crippen molar-refractivity contribution >= 4 is 5.97 Å². The van der Waals surface area contributed by atoms with Gasteiger partial charge in [0.25, 0.3) is 0 Å². The molecule has 0 amide bonds. The van der Waals surface area contributed by atoms with E-state index in [2.05, 4.69) is 15.0 Å². The molecule has 0 saturated heterocycles. The average Bonchev–Trinajstić information content (AvgIpc) is 3.01. The summed E-state index contributed by atoms with van der Waals surface area (Å²) in [5.74, 6) is -1.30. The number of carbonyl (C=O) groups is 1. The number of aliphatic carboxylic acids is 1. The van der Waals surface area contributed by atoms with Crippen LogP contribution in [-0.4, -0.2) is 46.9 Å². The number of aliphatic hydroxyl groups is 1. The number of rotatable bonds is 6. The first-order valence-electron chi connectivity index (χ1n) is 6.31. The SMILES string of the molecule is C[C@@H](O)[C@H](N)c1nc(Cc2cnc[nH]2)c(O)n1CC(=O)O. The van der Waals surface area contributed by atoms with E-state index in [4.69, 9.17) is 10.8 Å². The topological polar surface area (TPSA) is 150 Å². The molecule has 0 fully saturated rings. The molecule has 0 aliphatic carbocycles. The number of H-pyrrole nitrogens is 1. The Hall–Kier alpha value is -2.39. The second-order valence-corrected chi connectivity index (χ2v) is 4.74. The highest BCUT2D eigenvalue weighted by atomic mass is 16.4. The van der Waals surface area contributed by atoms with Crippen LogP contribution in [0.5, 0.6) is 5.88 Å². The molecule has 0 bridgehead atoms. The number of nitrogens with zero attached hydrogens (tertiary/aromatic N) is 3. The molecule has 9 nitrogen and oxygen atoms in total. The Balaban J connectivity index is 2.40. The molecule has 2 aromatic heterocycles. The number of hydrogen-bond donors (Lipinski definition) is 5. The quantitative estimate of drug-likeness (QED) is 0.476. The summed E-state index contributed by atoms with van der Waals surface area (Å²) in [6.45, 7) is 0.980. The van der Waals surface area contributed by atoms with Crippen molar-refractivity contribution in [3.05, 3.63) is 29.7 Å². The molecule has 6 N–H and O–H groups in total. The molecule has 0 aliphatic heterocycles. The van der Waals surface area contributed by atoms with Gasteiger partial charge in [-0.05, 0) is 6.92 Å². The molecule has 2 aromatic rings. The van der Waals surface area contributed by atoms with Crippen LogP contribution in [-0.2, 0) is 17.8 Å². The summed E-state index contributed by atoms with van der Waals surface area (Å²) in [6, 6.07) is -0.897. The van der Waals surface area contributed by atoms with Crippen LogP contribution in [0.4, 0.5) is 0 Å². The Kier molecular flexibility index (Phi) is 4.24. The van der Waals surface area contributed by atoms with E-state index >= 15 is 0 Å². The van der Waals surface area contributed by atoms with Crippen molar-refractivity contribution in [1.29, 1.82) is 0 Å². The number of aromatic hydroxyl groups is 1. The Morgan fingerprint density at radius 3 is 2.81 bits per heavy atom. The Morgan fingerprint density at radius 2 is 2.29 bits per heavy atom. The monoisotopic (exact) mass is 295 g/mol. The van der Waals surface area contributed by atoms with E-state index in [-0.39, 0.29) is 23.8 Å². The number of aliphatic hydroxyl groups excluding tert-OH is 1. The van der Waals surface area contributed by atoms with Crippen LogP contribution in [0.3, 0.4) is 0 Å². The van der Waals surface area contributed by atoms with Crippen LogP contribution in [0.2, 0.25) is 0 Å². The van der Waals surface area contributed by atoms with E-state index in [1.807, 2.05) is 0 Å². The van der Waals surface area contributed by atoms with Gasteiger partial charge in [-0.25, -0.2) is 9.97 Å². The van der Waals surface area contributed by atoms with Crippen molar-refractivity contribution in [3.63, 3.8) is 0 Å². The second kappa shape index (κ2) is 5.94. The average molecular weight is 295 g/mol. The second-order valence-electron chi connectivity index (χ2n) is 4.74. The molecule has 0 radical (unpaired) electrons. The molecule has 0 unspecified atom stereocenters. The zero-order chi connectivity index (χ0) is 15.6. The van der Waals surface area contributed by atoms with E-state index in [9.17, 15) is 15.0 Å². The highest BCUT2D eigenvalue weighted by Crippen LogP contribution is 2.25. The number of aromatic amines is 1. The molecule has 0 aromatic carbocycles. The van der Waals surface area contributed by atoms with Gasteiger partial charge in [-0.3, -0.25) is 9.36 Å². The van der Waals surface area contributed by atoms with Crippen LogP contribution in [0.15, 0.2) is 12.5 Å². The van der Waals surface area contributed by atoms with Gasteiger partial charge in [0.2, 0.25) is 5.88 Å². The van der Waals surface area contributed by atoms with Crippen molar-refractivity contribution in [1.82, 2.24) is 19.5 Å². The minimum atomic E-state index is -1.14. The molecule has 2 atom stereocenters. The Morgan fingerprint density at radius 1 is 1.57 bits per heavy atom. The van der Waals surface area contributed by atoms with Gasteiger partial charge in [0.05, 0.1) is 18.5 Å². The fraction of sp³-hybridized carbons (Fsp3) is 0.417. The van der Waals surface area contributed by atoms with Crippen LogP contribution in [0, 0.1) is 0 Å². The van der Waals surface area contributed by atoms with Gasteiger partial charge in [-0.2, -0.15) is 0 Å². The summed E-state index contributed by atoms with van der Waals surface area (Å²) in [5.41, 5.74) is 6.79. The third-order valence-corrected chi connectivity index (χ3v) is 3.06. The number of hydrogen-bond acceptors (Lipinski definition) is 6. The third-order valence-electron chi connectivity index (χ3n) is 3.06. The van der Waals surface area contributed by atoms with E-state index in [1.54, 1.807) is 6.20 Å². The number of nitrogens with one attached hydrogen (secondary N) is 1. The summed E-state index contributed by atoms with van der Waals surface area (Å²) >= 11 is 0. The lowest BCUT2D eigenvalue weighted by Crippen LogP contribution is -2.27. The Bertz CT molecular complexity index is 620. The summed E-state index contributed by atoms with van der Waals surface area (Å²) in [5, 5.41) is 28.6. The Labute approximate surface area is 120 Å². The van der Waals surface area contributed by atoms with Gasteiger partial charge in [0.15, 0.2) is 0 Å². The number of aromatic nitrogens is 4. The molecule has 21 heavy (non-hydrogen) atoms. The van der Waals surface area contributed by atoms with Crippen LogP contribution in [0.25, 0.3) is 0 Å². The van der Waals surface area contributed by atoms with Crippen molar-refractivity contribution in [2.24, 2.45) is 5.73 Å².